The summed E-state index contributed by atoms with van der Waals surface area (Å²) in [5, 5.41) is 2.85. The maximum Gasteiger partial charge on any atom is 0.229 e. The van der Waals surface area contributed by atoms with Gasteiger partial charge in [0.2, 0.25) is 5.91 Å². The first-order valence-electron chi connectivity index (χ1n) is 5.11. The summed E-state index contributed by atoms with van der Waals surface area (Å²) in [5.41, 5.74) is 0.400. The Bertz CT molecular complexity index is 449. The number of anilines is 1. The summed E-state index contributed by atoms with van der Waals surface area (Å²) in [6.45, 7) is 1.02. The van der Waals surface area contributed by atoms with E-state index in [9.17, 15) is 9.18 Å². The first kappa shape index (κ1) is 12.8. The van der Waals surface area contributed by atoms with E-state index in [4.69, 9.17) is 16.3 Å². The van der Waals surface area contributed by atoms with Gasteiger partial charge in [-0.05, 0) is 34.5 Å². The third kappa shape index (κ3) is 2.97. The number of ether oxygens (including phenoxy) is 1. The lowest BCUT2D eigenvalue weighted by molar-refractivity contribution is -0.119. The van der Waals surface area contributed by atoms with Crippen molar-refractivity contribution in [2.24, 2.45) is 5.92 Å². The van der Waals surface area contributed by atoms with E-state index in [1.54, 1.807) is 0 Å². The smallest absolute Gasteiger partial charge is 0.229 e. The number of amides is 1. The Morgan fingerprint density at radius 1 is 1.59 bits per heavy atom. The summed E-state index contributed by atoms with van der Waals surface area (Å²) < 4.78 is 18.5. The molecule has 0 spiro atoms. The van der Waals surface area contributed by atoms with E-state index < -0.39 is 5.82 Å². The second-order valence-electron chi connectivity index (χ2n) is 3.80. The van der Waals surface area contributed by atoms with Gasteiger partial charge < -0.3 is 10.1 Å². The zero-order valence-electron chi connectivity index (χ0n) is 8.80. The summed E-state index contributed by atoms with van der Waals surface area (Å²) in [5.74, 6) is -0.769. The van der Waals surface area contributed by atoms with Gasteiger partial charge in [-0.3, -0.25) is 4.79 Å². The molecular formula is C11H10BrClFNO2. The van der Waals surface area contributed by atoms with Crippen LogP contribution < -0.4 is 5.32 Å². The lowest BCUT2D eigenvalue weighted by Crippen LogP contribution is -2.23. The Kier molecular flexibility index (Phi) is 4.01. The molecule has 92 valence electrons. The zero-order chi connectivity index (χ0) is 12.4. The minimum atomic E-state index is -0.461. The van der Waals surface area contributed by atoms with Crippen LogP contribution in [0, 0.1) is 11.7 Å². The predicted molar refractivity (Wildman–Crippen MR) is 66.7 cm³/mol. The van der Waals surface area contributed by atoms with Gasteiger partial charge in [0.15, 0.2) is 0 Å². The molecule has 2 rings (SSSR count). The molecule has 17 heavy (non-hydrogen) atoms. The molecule has 0 saturated carbocycles. The van der Waals surface area contributed by atoms with Crippen LogP contribution in [-0.4, -0.2) is 19.1 Å². The second-order valence-corrected chi connectivity index (χ2v) is 5.06. The average molecular weight is 323 g/mol. The van der Waals surface area contributed by atoms with Crippen molar-refractivity contribution >= 4 is 39.1 Å². The van der Waals surface area contributed by atoms with Crippen LogP contribution in [0.25, 0.3) is 0 Å². The minimum absolute atomic E-state index is 0.150. The second kappa shape index (κ2) is 5.33. The minimum Gasteiger partial charge on any atom is -0.381 e. The Morgan fingerprint density at radius 2 is 2.35 bits per heavy atom. The summed E-state index contributed by atoms with van der Waals surface area (Å²) >= 11 is 8.89. The number of hydrogen-bond donors (Lipinski definition) is 1. The maximum atomic E-state index is 13.1. The number of benzene rings is 1. The van der Waals surface area contributed by atoms with Crippen molar-refractivity contribution in [3.8, 4) is 0 Å². The molecule has 1 fully saturated rings. The molecule has 0 bridgehead atoms. The van der Waals surface area contributed by atoms with E-state index in [0.717, 1.165) is 6.07 Å². The molecule has 3 nitrogen and oxygen atoms in total. The molecule has 1 amide bonds. The van der Waals surface area contributed by atoms with Gasteiger partial charge in [-0.25, -0.2) is 4.39 Å². The maximum absolute atomic E-state index is 13.1. The fourth-order valence-electron chi connectivity index (χ4n) is 1.59. The van der Waals surface area contributed by atoms with Crippen LogP contribution in [-0.2, 0) is 9.53 Å². The fraction of sp³-hybridized carbons (Fsp3) is 0.364. The third-order valence-corrected chi connectivity index (χ3v) is 3.49. The van der Waals surface area contributed by atoms with Crippen LogP contribution in [0.5, 0.6) is 0 Å². The predicted octanol–water partition coefficient (Wildman–Crippen LogP) is 3.22. The molecule has 0 aliphatic carbocycles. The Morgan fingerprint density at radius 3 is 3.00 bits per heavy atom. The van der Waals surface area contributed by atoms with Gasteiger partial charge in [0.25, 0.3) is 0 Å². The van der Waals surface area contributed by atoms with Crippen molar-refractivity contribution < 1.29 is 13.9 Å². The topological polar surface area (TPSA) is 38.3 Å². The van der Waals surface area contributed by atoms with Crippen LogP contribution >= 0.6 is 27.5 Å². The highest BCUT2D eigenvalue weighted by Gasteiger charge is 2.24. The Labute approximate surface area is 111 Å². The molecule has 0 aromatic heterocycles. The molecule has 6 heteroatoms. The SMILES string of the molecule is O=C(Nc1cc(Br)c(F)cc1Cl)[C@H]1CCOC1. The first-order valence-corrected chi connectivity index (χ1v) is 6.28. The molecular weight excluding hydrogens is 312 g/mol. The molecule has 1 aliphatic heterocycles. The highest BCUT2D eigenvalue weighted by molar-refractivity contribution is 9.10. The summed E-state index contributed by atoms with van der Waals surface area (Å²) in [6, 6.07) is 2.61. The van der Waals surface area contributed by atoms with Crippen molar-refractivity contribution in [2.75, 3.05) is 18.5 Å². The molecule has 1 aromatic carbocycles. The van der Waals surface area contributed by atoms with Gasteiger partial charge >= 0.3 is 0 Å². The summed E-state index contributed by atoms with van der Waals surface area (Å²) in [7, 11) is 0. The number of halogens is 3. The summed E-state index contributed by atoms with van der Waals surface area (Å²) in [4.78, 5) is 11.8. The van der Waals surface area contributed by atoms with Crippen LogP contribution in [0.1, 0.15) is 6.42 Å². The van der Waals surface area contributed by atoms with Crippen molar-refractivity contribution in [3.63, 3.8) is 0 Å². The van der Waals surface area contributed by atoms with Crippen LogP contribution in [0.2, 0.25) is 5.02 Å². The Balaban J connectivity index is 2.12. The van der Waals surface area contributed by atoms with Crippen molar-refractivity contribution in [1.82, 2.24) is 0 Å². The molecule has 1 N–H and O–H groups in total. The van der Waals surface area contributed by atoms with Gasteiger partial charge in [0.1, 0.15) is 5.82 Å². The summed E-state index contributed by atoms with van der Waals surface area (Å²) in [6.07, 6.45) is 0.700. The average Bonchev–Trinajstić information content (AvgIpc) is 2.79. The fourth-order valence-corrected chi connectivity index (χ4v) is 2.14. The van der Waals surface area contributed by atoms with Crippen LogP contribution in [0.3, 0.4) is 0 Å². The van der Waals surface area contributed by atoms with Crippen molar-refractivity contribution in [2.45, 2.75) is 6.42 Å². The number of carbonyl (C=O) groups is 1. The lowest BCUT2D eigenvalue weighted by Gasteiger charge is -2.11. The molecule has 1 saturated heterocycles. The monoisotopic (exact) mass is 321 g/mol. The van der Waals surface area contributed by atoms with Crippen molar-refractivity contribution in [3.05, 3.63) is 27.4 Å². The standard InChI is InChI=1S/C11H10BrClFNO2/c12-7-3-10(8(13)4-9(7)14)15-11(16)6-1-2-17-5-6/h3-4,6H,1-2,5H2,(H,15,16)/t6-/m0/s1. The highest BCUT2D eigenvalue weighted by Crippen LogP contribution is 2.29. The quantitative estimate of drug-likeness (QED) is 0.849. The zero-order valence-corrected chi connectivity index (χ0v) is 11.1. The van der Waals surface area contributed by atoms with E-state index in [-0.39, 0.29) is 21.3 Å². The number of hydrogen-bond acceptors (Lipinski definition) is 2. The normalized spacial score (nSPS) is 19.4. The molecule has 1 heterocycles. The van der Waals surface area contributed by atoms with Gasteiger partial charge in [-0.15, -0.1) is 0 Å². The van der Waals surface area contributed by atoms with E-state index in [1.807, 2.05) is 0 Å². The van der Waals surface area contributed by atoms with Crippen molar-refractivity contribution in [1.29, 1.82) is 0 Å². The van der Waals surface area contributed by atoms with Gasteiger partial charge in [-0.2, -0.15) is 0 Å². The highest BCUT2D eigenvalue weighted by atomic mass is 79.9. The van der Waals surface area contributed by atoms with E-state index in [0.29, 0.717) is 25.3 Å². The van der Waals surface area contributed by atoms with E-state index >= 15 is 0 Å². The number of carbonyl (C=O) groups excluding carboxylic acids is 1. The van der Waals surface area contributed by atoms with Gasteiger partial charge in [0.05, 0.1) is 27.7 Å². The third-order valence-electron chi connectivity index (χ3n) is 2.57. The number of nitrogens with one attached hydrogen (secondary N) is 1. The molecule has 1 atom stereocenters. The van der Waals surface area contributed by atoms with Gasteiger partial charge in [-0.1, -0.05) is 11.6 Å². The molecule has 1 aliphatic rings. The molecule has 0 unspecified atom stereocenters. The van der Waals surface area contributed by atoms with E-state index in [1.165, 1.54) is 6.07 Å². The van der Waals surface area contributed by atoms with Crippen LogP contribution in [0.4, 0.5) is 10.1 Å². The molecule has 0 radical (unpaired) electrons. The van der Waals surface area contributed by atoms with Gasteiger partial charge in [0, 0.05) is 6.61 Å². The van der Waals surface area contributed by atoms with Crippen LogP contribution in [0.15, 0.2) is 16.6 Å². The lowest BCUT2D eigenvalue weighted by atomic mass is 10.1. The van der Waals surface area contributed by atoms with E-state index in [2.05, 4.69) is 21.2 Å². The molecule has 1 aromatic rings. The Hall–Kier alpha value is -0.650. The first-order chi connectivity index (χ1) is 8.08. The number of rotatable bonds is 2. The largest absolute Gasteiger partial charge is 0.381 e.